The molecule has 1 aliphatic heterocycles. The van der Waals surface area contributed by atoms with E-state index in [-0.39, 0.29) is 22.2 Å². The van der Waals surface area contributed by atoms with Crippen LogP contribution in [0, 0.1) is 11.6 Å². The van der Waals surface area contributed by atoms with Gasteiger partial charge in [-0.15, -0.1) is 13.2 Å². The first-order valence-electron chi connectivity index (χ1n) is 12.3. The fourth-order valence-electron chi connectivity index (χ4n) is 5.08. The molecule has 4 aromatic rings. The molecule has 0 saturated carbocycles. The molecular weight excluding hydrogens is 616 g/mol. The van der Waals surface area contributed by atoms with E-state index in [1.54, 1.807) is 0 Å². The summed E-state index contributed by atoms with van der Waals surface area (Å²) in [4.78, 5) is 39.5. The Kier molecular flexibility index (Phi) is 7.07. The van der Waals surface area contributed by atoms with Crippen LogP contribution in [0.3, 0.4) is 0 Å². The summed E-state index contributed by atoms with van der Waals surface area (Å²) in [6.45, 7) is 2.77. The average Bonchev–Trinajstić information content (AvgIpc) is 3.38. The van der Waals surface area contributed by atoms with Gasteiger partial charge in [0.25, 0.3) is 11.8 Å². The number of amides is 2. The van der Waals surface area contributed by atoms with Crippen LogP contribution < -0.4 is 16.3 Å². The molecule has 16 heteroatoms. The Morgan fingerprint density at radius 3 is 2.26 bits per heavy atom. The van der Waals surface area contributed by atoms with Crippen LogP contribution in [0.4, 0.5) is 40.8 Å². The number of rotatable bonds is 4. The van der Waals surface area contributed by atoms with Crippen LogP contribution in [0.15, 0.2) is 47.3 Å². The van der Waals surface area contributed by atoms with Gasteiger partial charge in [0, 0.05) is 33.4 Å². The Hall–Kier alpha value is -4.40. The van der Waals surface area contributed by atoms with E-state index in [1.807, 2.05) is 0 Å². The molecule has 1 atom stereocenters. The maximum atomic E-state index is 14.2. The third-order valence-corrected chi connectivity index (χ3v) is 7.11. The Balaban J connectivity index is 1.84. The Morgan fingerprint density at radius 1 is 0.977 bits per heavy atom. The lowest BCUT2D eigenvalue weighted by Gasteiger charge is -2.19. The molecule has 0 fully saturated rings. The SMILES string of the molecule is CC(C)n1c(=O)n(C(F)(F)F)c2c3c(c(NC(=O)c4cc(F)cc(C(F)(F)F)c4)cc21)C(c1cc(F)ccc1Cl)NC3=O. The number of benzene rings is 3. The van der Waals surface area contributed by atoms with Gasteiger partial charge in [0.1, 0.15) is 11.6 Å². The molecule has 0 bridgehead atoms. The monoisotopic (exact) mass is 632 g/mol. The average molecular weight is 633 g/mol. The quantitative estimate of drug-likeness (QED) is 0.240. The predicted octanol–water partition coefficient (Wildman–Crippen LogP) is 6.90. The smallest absolute Gasteiger partial charge is 0.341 e. The highest BCUT2D eigenvalue weighted by Crippen LogP contribution is 2.44. The van der Waals surface area contributed by atoms with E-state index in [0.29, 0.717) is 16.7 Å². The number of hydrogen-bond donors (Lipinski definition) is 2. The van der Waals surface area contributed by atoms with E-state index in [0.717, 1.165) is 24.3 Å². The number of fused-ring (bicyclic) bond motifs is 3. The van der Waals surface area contributed by atoms with E-state index < -0.39 is 91.7 Å². The van der Waals surface area contributed by atoms with Crippen molar-refractivity contribution >= 4 is 40.1 Å². The van der Waals surface area contributed by atoms with Gasteiger partial charge >= 0.3 is 18.2 Å². The third kappa shape index (κ3) is 5.11. The Bertz CT molecular complexity index is 1890. The molecule has 7 nitrogen and oxygen atoms in total. The Morgan fingerprint density at radius 2 is 1.65 bits per heavy atom. The van der Waals surface area contributed by atoms with Crippen molar-refractivity contribution in [1.29, 1.82) is 0 Å². The minimum Gasteiger partial charge on any atom is -0.341 e. The standard InChI is InChI=1S/C27H17ClF8N4O3/c1-10(2)39-18-9-17(37-23(41)11-5-12(26(31,32)33)7-14(30)6-11)19-20(22(18)40(25(39)43)27(34,35)36)24(42)38-21(19)15-8-13(29)3-4-16(15)28/h3-10,21H,1-2H3,(H,37,41)(H,38,42). The molecule has 0 saturated heterocycles. The van der Waals surface area contributed by atoms with Gasteiger partial charge in [-0.25, -0.2) is 18.1 Å². The third-order valence-electron chi connectivity index (χ3n) is 6.77. The summed E-state index contributed by atoms with van der Waals surface area (Å²) in [6.07, 6.45) is -10.3. The highest BCUT2D eigenvalue weighted by atomic mass is 35.5. The molecule has 5 rings (SSSR count). The lowest BCUT2D eigenvalue weighted by Crippen LogP contribution is -2.33. The van der Waals surface area contributed by atoms with E-state index >= 15 is 0 Å². The van der Waals surface area contributed by atoms with Crippen LogP contribution in [-0.4, -0.2) is 20.9 Å². The number of imidazole rings is 1. The first-order valence-corrected chi connectivity index (χ1v) is 12.6. The molecule has 0 spiro atoms. The second-order valence-corrected chi connectivity index (χ2v) is 10.3. The van der Waals surface area contributed by atoms with Gasteiger partial charge in [0.2, 0.25) is 0 Å². The minimum atomic E-state index is -5.32. The van der Waals surface area contributed by atoms with Crippen LogP contribution in [0.5, 0.6) is 0 Å². The zero-order chi connectivity index (χ0) is 31.8. The maximum Gasteiger partial charge on any atom is 0.493 e. The van der Waals surface area contributed by atoms with Crippen molar-refractivity contribution in [3.63, 3.8) is 0 Å². The van der Waals surface area contributed by atoms with Gasteiger partial charge in [-0.1, -0.05) is 11.6 Å². The normalized spacial score (nSPS) is 15.3. The molecule has 2 amide bonds. The van der Waals surface area contributed by atoms with E-state index in [2.05, 4.69) is 10.6 Å². The zero-order valence-electron chi connectivity index (χ0n) is 21.7. The van der Waals surface area contributed by atoms with E-state index in [9.17, 15) is 49.5 Å². The summed E-state index contributed by atoms with van der Waals surface area (Å²) in [5.41, 5.74) is -6.88. The summed E-state index contributed by atoms with van der Waals surface area (Å²) in [5.74, 6) is -4.72. The zero-order valence-corrected chi connectivity index (χ0v) is 22.5. The van der Waals surface area contributed by atoms with Crippen LogP contribution in [0.1, 0.15) is 63.3 Å². The molecular formula is C27H17ClF8N4O3. The largest absolute Gasteiger partial charge is 0.493 e. The highest BCUT2D eigenvalue weighted by Gasteiger charge is 2.43. The molecule has 2 heterocycles. The van der Waals surface area contributed by atoms with Crippen LogP contribution in [0.2, 0.25) is 5.02 Å². The predicted molar refractivity (Wildman–Crippen MR) is 138 cm³/mol. The molecule has 3 aromatic carbocycles. The van der Waals surface area contributed by atoms with Gasteiger partial charge in [-0.3, -0.25) is 14.2 Å². The number of nitrogens with zero attached hydrogens (tertiary/aromatic N) is 2. The second kappa shape index (κ2) is 10.1. The number of carbonyl (C=O) groups is 2. The number of halogens is 9. The lowest BCUT2D eigenvalue weighted by molar-refractivity contribution is -0.203. The number of anilines is 1. The molecule has 0 aliphatic carbocycles. The molecule has 0 radical (unpaired) electrons. The number of alkyl halides is 6. The molecule has 43 heavy (non-hydrogen) atoms. The lowest BCUT2D eigenvalue weighted by atomic mass is 9.95. The molecule has 1 aromatic heterocycles. The van der Waals surface area contributed by atoms with Gasteiger partial charge in [-0.2, -0.15) is 13.2 Å². The first-order chi connectivity index (χ1) is 19.9. The maximum absolute atomic E-state index is 14.2. The highest BCUT2D eigenvalue weighted by molar-refractivity contribution is 6.31. The first kappa shape index (κ1) is 30.1. The summed E-state index contributed by atoms with van der Waals surface area (Å²) in [5, 5.41) is 4.48. The van der Waals surface area contributed by atoms with Crippen LogP contribution >= 0.6 is 11.6 Å². The van der Waals surface area contributed by atoms with Crippen molar-refractivity contribution in [2.24, 2.45) is 0 Å². The van der Waals surface area contributed by atoms with Crippen molar-refractivity contribution in [2.45, 2.75) is 38.4 Å². The van der Waals surface area contributed by atoms with Gasteiger partial charge in [0.15, 0.2) is 0 Å². The summed E-state index contributed by atoms with van der Waals surface area (Å²) < 4.78 is 111. The number of carbonyl (C=O) groups excluding carboxylic acids is 2. The molecule has 226 valence electrons. The van der Waals surface area contributed by atoms with E-state index in [1.165, 1.54) is 13.8 Å². The summed E-state index contributed by atoms with van der Waals surface area (Å²) in [7, 11) is 0. The van der Waals surface area contributed by atoms with Crippen molar-refractivity contribution < 1.29 is 44.7 Å². The van der Waals surface area contributed by atoms with Crippen molar-refractivity contribution in [2.75, 3.05) is 5.32 Å². The van der Waals surface area contributed by atoms with Crippen molar-refractivity contribution in [3.8, 4) is 0 Å². The van der Waals surface area contributed by atoms with E-state index in [4.69, 9.17) is 11.6 Å². The Labute approximate surface area is 240 Å². The summed E-state index contributed by atoms with van der Waals surface area (Å²) in [6, 6.07) is 2.52. The fourth-order valence-corrected chi connectivity index (χ4v) is 5.31. The number of aromatic nitrogens is 2. The van der Waals surface area contributed by atoms with Crippen LogP contribution in [0.25, 0.3) is 11.0 Å². The number of nitrogens with one attached hydrogen (secondary N) is 2. The second-order valence-electron chi connectivity index (χ2n) is 9.88. The fraction of sp³-hybridized carbons (Fsp3) is 0.222. The van der Waals surface area contributed by atoms with Crippen molar-refractivity contribution in [1.82, 2.24) is 14.5 Å². The minimum absolute atomic E-state index is 0.134. The molecule has 1 aliphatic rings. The molecule has 2 N–H and O–H groups in total. The van der Waals surface area contributed by atoms with Gasteiger partial charge < -0.3 is 10.6 Å². The molecule has 1 unspecified atom stereocenters. The van der Waals surface area contributed by atoms with Crippen molar-refractivity contribution in [3.05, 3.63) is 97.4 Å². The topological polar surface area (TPSA) is 85.1 Å². The summed E-state index contributed by atoms with van der Waals surface area (Å²) >= 11 is 6.22. The van der Waals surface area contributed by atoms with Crippen LogP contribution in [-0.2, 0) is 12.5 Å². The van der Waals surface area contributed by atoms with Gasteiger partial charge in [0.05, 0.1) is 28.2 Å². The van der Waals surface area contributed by atoms with Gasteiger partial charge in [-0.05, 0) is 56.3 Å². The number of hydrogen-bond acceptors (Lipinski definition) is 3.